The van der Waals surface area contributed by atoms with E-state index in [2.05, 4.69) is 5.32 Å². The first-order chi connectivity index (χ1) is 15.9. The summed E-state index contributed by atoms with van der Waals surface area (Å²) in [6.07, 6.45) is -0.987. The van der Waals surface area contributed by atoms with Gasteiger partial charge in [0.2, 0.25) is 0 Å². The number of nitrogens with zero attached hydrogens (tertiary/aromatic N) is 1. The third-order valence-corrected chi connectivity index (χ3v) is 7.15. The van der Waals surface area contributed by atoms with E-state index in [4.69, 9.17) is 9.47 Å². The summed E-state index contributed by atoms with van der Waals surface area (Å²) >= 11 is 0. The number of carbonyl (C=O) groups excluding carboxylic acids is 1. The van der Waals surface area contributed by atoms with E-state index in [1.165, 1.54) is 16.4 Å². The Hall–Kier alpha value is -3.52. The summed E-state index contributed by atoms with van der Waals surface area (Å²) in [6, 6.07) is 20.9. The Balaban J connectivity index is 1.45. The molecule has 0 fully saturated rings. The third kappa shape index (κ3) is 4.96. The van der Waals surface area contributed by atoms with Crippen LogP contribution in [0.5, 0.6) is 11.5 Å². The number of carbonyl (C=O) groups is 1. The first-order valence-corrected chi connectivity index (χ1v) is 12.1. The van der Waals surface area contributed by atoms with E-state index in [0.717, 1.165) is 16.9 Å². The Bertz CT molecular complexity index is 1240. The maximum atomic E-state index is 13.3. The smallest absolute Gasteiger partial charge is 0.264 e. The quantitative estimate of drug-likeness (QED) is 0.539. The van der Waals surface area contributed by atoms with Gasteiger partial charge < -0.3 is 14.8 Å². The standard InChI is InChI=1S/C25H26N2O5S/c1-18-12-13-19(2)23(16-18)31-15-14-26-25(28)24-17-27(21-10-6-7-11-22(21)32-24)33(29,30)20-8-4-3-5-9-20/h3-13,16,24H,14-15,17H2,1-2H3,(H,26,28)/t24-/m0/s1. The van der Waals surface area contributed by atoms with Crippen LogP contribution < -0.4 is 19.1 Å². The number of hydrogen-bond donors (Lipinski definition) is 1. The van der Waals surface area contributed by atoms with Crippen molar-refractivity contribution in [3.8, 4) is 11.5 Å². The van der Waals surface area contributed by atoms with Crippen LogP contribution in [0.1, 0.15) is 11.1 Å². The lowest BCUT2D eigenvalue weighted by molar-refractivity contribution is -0.127. The minimum atomic E-state index is -3.86. The molecule has 172 valence electrons. The van der Waals surface area contributed by atoms with Crippen LogP contribution in [0.25, 0.3) is 0 Å². The second kappa shape index (κ2) is 9.54. The van der Waals surface area contributed by atoms with Gasteiger partial charge in [0, 0.05) is 0 Å². The van der Waals surface area contributed by atoms with Crippen LogP contribution in [-0.2, 0) is 14.8 Å². The summed E-state index contributed by atoms with van der Waals surface area (Å²) in [5, 5.41) is 2.79. The predicted molar refractivity (Wildman–Crippen MR) is 126 cm³/mol. The van der Waals surface area contributed by atoms with E-state index in [1.807, 2.05) is 32.0 Å². The van der Waals surface area contributed by atoms with Crippen molar-refractivity contribution >= 4 is 21.6 Å². The molecule has 1 atom stereocenters. The highest BCUT2D eigenvalue weighted by Gasteiger charge is 2.37. The number of para-hydroxylation sites is 2. The van der Waals surface area contributed by atoms with Gasteiger partial charge >= 0.3 is 0 Å². The van der Waals surface area contributed by atoms with Crippen LogP contribution in [0.2, 0.25) is 0 Å². The molecule has 1 aliphatic rings. The Morgan fingerprint density at radius 2 is 1.79 bits per heavy atom. The highest BCUT2D eigenvalue weighted by Crippen LogP contribution is 2.36. The average Bonchev–Trinajstić information content (AvgIpc) is 2.83. The van der Waals surface area contributed by atoms with Gasteiger partial charge in [-0.2, -0.15) is 0 Å². The van der Waals surface area contributed by atoms with E-state index in [1.54, 1.807) is 42.5 Å². The van der Waals surface area contributed by atoms with E-state index in [9.17, 15) is 13.2 Å². The van der Waals surface area contributed by atoms with Crippen LogP contribution in [0.4, 0.5) is 5.69 Å². The van der Waals surface area contributed by atoms with Crippen LogP contribution in [0.3, 0.4) is 0 Å². The zero-order chi connectivity index (χ0) is 23.4. The molecule has 0 bridgehead atoms. The number of fused-ring (bicyclic) bond motifs is 1. The fourth-order valence-corrected chi connectivity index (χ4v) is 5.09. The first kappa shape index (κ1) is 22.7. The lowest BCUT2D eigenvalue weighted by atomic mass is 10.1. The molecule has 1 heterocycles. The molecule has 4 rings (SSSR count). The molecule has 0 saturated heterocycles. The fraction of sp³-hybridized carbons (Fsp3) is 0.240. The highest BCUT2D eigenvalue weighted by molar-refractivity contribution is 7.92. The summed E-state index contributed by atoms with van der Waals surface area (Å²) < 4.78 is 39.5. The monoisotopic (exact) mass is 466 g/mol. The molecular formula is C25H26N2O5S. The molecule has 3 aromatic rings. The number of benzene rings is 3. The normalized spacial score (nSPS) is 15.3. The maximum absolute atomic E-state index is 13.3. The highest BCUT2D eigenvalue weighted by atomic mass is 32.2. The lowest BCUT2D eigenvalue weighted by Crippen LogP contribution is -2.51. The Morgan fingerprint density at radius 3 is 2.58 bits per heavy atom. The van der Waals surface area contributed by atoms with Gasteiger partial charge in [0.15, 0.2) is 6.10 Å². The molecule has 8 heteroatoms. The summed E-state index contributed by atoms with van der Waals surface area (Å²) in [4.78, 5) is 13.0. The number of sulfonamides is 1. The molecule has 1 amide bonds. The number of nitrogens with one attached hydrogen (secondary N) is 1. The zero-order valence-electron chi connectivity index (χ0n) is 18.5. The zero-order valence-corrected chi connectivity index (χ0v) is 19.3. The number of anilines is 1. The average molecular weight is 467 g/mol. The van der Waals surface area contributed by atoms with E-state index >= 15 is 0 Å². The molecule has 0 aromatic heterocycles. The molecule has 3 aromatic carbocycles. The molecule has 0 unspecified atom stereocenters. The second-order valence-electron chi connectivity index (χ2n) is 7.83. The molecule has 7 nitrogen and oxygen atoms in total. The largest absolute Gasteiger partial charge is 0.491 e. The first-order valence-electron chi connectivity index (χ1n) is 10.7. The Kier molecular flexibility index (Phi) is 6.55. The minimum absolute atomic E-state index is 0.127. The van der Waals surface area contributed by atoms with Crippen molar-refractivity contribution in [3.05, 3.63) is 83.9 Å². The van der Waals surface area contributed by atoms with Crippen molar-refractivity contribution in [3.63, 3.8) is 0 Å². The molecule has 1 aliphatic heterocycles. The van der Waals surface area contributed by atoms with Gasteiger partial charge in [-0.1, -0.05) is 42.5 Å². The van der Waals surface area contributed by atoms with Crippen molar-refractivity contribution in [2.24, 2.45) is 0 Å². The number of amides is 1. The molecule has 33 heavy (non-hydrogen) atoms. The maximum Gasteiger partial charge on any atom is 0.264 e. The number of hydrogen-bond acceptors (Lipinski definition) is 5. The second-order valence-corrected chi connectivity index (χ2v) is 9.69. The number of rotatable bonds is 7. The van der Waals surface area contributed by atoms with Crippen molar-refractivity contribution in [2.75, 3.05) is 24.0 Å². The molecule has 0 aliphatic carbocycles. The number of ether oxygens (including phenoxy) is 2. The lowest BCUT2D eigenvalue weighted by Gasteiger charge is -2.34. The molecule has 0 radical (unpaired) electrons. The van der Waals surface area contributed by atoms with Crippen molar-refractivity contribution in [1.82, 2.24) is 5.32 Å². The van der Waals surface area contributed by atoms with Crippen molar-refractivity contribution in [2.45, 2.75) is 24.8 Å². The third-order valence-electron chi connectivity index (χ3n) is 5.36. The van der Waals surface area contributed by atoms with E-state index in [0.29, 0.717) is 11.4 Å². The van der Waals surface area contributed by atoms with Gasteiger partial charge in [-0.3, -0.25) is 9.10 Å². The summed E-state index contributed by atoms with van der Waals surface area (Å²) in [6.45, 7) is 4.37. The Labute approximate surface area is 194 Å². The van der Waals surface area contributed by atoms with Gasteiger partial charge in [0.1, 0.15) is 18.1 Å². The summed E-state index contributed by atoms with van der Waals surface area (Å²) in [5.74, 6) is 0.713. The molecule has 1 N–H and O–H groups in total. The molecule has 0 spiro atoms. The van der Waals surface area contributed by atoms with Gasteiger partial charge in [0.25, 0.3) is 15.9 Å². The summed E-state index contributed by atoms with van der Waals surface area (Å²) in [7, 11) is -3.86. The Morgan fingerprint density at radius 1 is 1.06 bits per heavy atom. The van der Waals surface area contributed by atoms with Crippen LogP contribution >= 0.6 is 0 Å². The minimum Gasteiger partial charge on any atom is -0.491 e. The SMILES string of the molecule is Cc1ccc(C)c(OCCNC(=O)[C@@H]2CN(S(=O)(=O)c3ccccc3)c3ccccc3O2)c1. The van der Waals surface area contributed by atoms with Gasteiger partial charge in [-0.15, -0.1) is 0 Å². The molecular weight excluding hydrogens is 440 g/mol. The number of aryl methyl sites for hydroxylation is 2. The predicted octanol–water partition coefficient (Wildman–Crippen LogP) is 3.45. The van der Waals surface area contributed by atoms with Crippen molar-refractivity contribution < 1.29 is 22.7 Å². The summed E-state index contributed by atoms with van der Waals surface area (Å²) in [5.41, 5.74) is 2.51. The van der Waals surface area contributed by atoms with Gasteiger partial charge in [-0.05, 0) is 55.3 Å². The fourth-order valence-electron chi connectivity index (χ4n) is 3.60. The topological polar surface area (TPSA) is 84.9 Å². The van der Waals surface area contributed by atoms with E-state index in [-0.39, 0.29) is 24.6 Å². The molecule has 0 saturated carbocycles. The van der Waals surface area contributed by atoms with Crippen molar-refractivity contribution in [1.29, 1.82) is 0 Å². The van der Waals surface area contributed by atoms with Crippen LogP contribution in [-0.4, -0.2) is 40.1 Å². The van der Waals surface area contributed by atoms with Crippen LogP contribution in [0, 0.1) is 13.8 Å². The van der Waals surface area contributed by atoms with E-state index < -0.39 is 22.0 Å². The van der Waals surface area contributed by atoms with Gasteiger partial charge in [-0.25, -0.2) is 8.42 Å². The van der Waals surface area contributed by atoms with Gasteiger partial charge in [0.05, 0.1) is 23.7 Å². The van der Waals surface area contributed by atoms with Crippen LogP contribution in [0.15, 0.2) is 77.7 Å².